The van der Waals surface area contributed by atoms with Crippen molar-refractivity contribution in [3.05, 3.63) is 0 Å². The second-order valence-corrected chi connectivity index (χ2v) is 2.34. The Morgan fingerprint density at radius 1 is 1.50 bits per heavy atom. The summed E-state index contributed by atoms with van der Waals surface area (Å²) in [5, 5.41) is 8.11. The van der Waals surface area contributed by atoms with Crippen molar-refractivity contribution in [3.63, 3.8) is 0 Å². The second-order valence-electron chi connectivity index (χ2n) is 2.34. The number of ether oxygens (including phenoxy) is 1. The smallest absolute Gasteiger partial charge is 0.113 e. The Morgan fingerprint density at radius 3 is 2.70 bits per heavy atom. The van der Waals surface area contributed by atoms with Crippen LogP contribution < -0.4 is 0 Å². The molecule has 0 aromatic heterocycles. The maximum absolute atomic E-state index is 8.11. The molecular weight excluding hydrogens is 132 g/mol. The van der Waals surface area contributed by atoms with Crippen LogP contribution in [0.5, 0.6) is 0 Å². The summed E-state index contributed by atoms with van der Waals surface area (Å²) < 4.78 is 5.14. The van der Waals surface area contributed by atoms with Gasteiger partial charge in [-0.05, 0) is 13.3 Å². The first-order chi connectivity index (χ1) is 4.81. The number of unbranched alkanes of at least 4 members (excludes halogenated alkanes) is 1. The van der Waals surface area contributed by atoms with Gasteiger partial charge in [-0.1, -0.05) is 13.3 Å². The molecule has 1 N–H and O–H groups in total. The molecule has 3 heteroatoms. The Morgan fingerprint density at radius 2 is 2.20 bits per heavy atom. The minimum Gasteiger partial charge on any atom is -0.379 e. The van der Waals surface area contributed by atoms with Gasteiger partial charge in [0.15, 0.2) is 0 Å². The van der Waals surface area contributed by atoms with E-state index in [0.717, 1.165) is 19.4 Å². The molecule has 0 aliphatic heterocycles. The minimum atomic E-state index is -0.211. The molecule has 0 saturated carbocycles. The van der Waals surface area contributed by atoms with Gasteiger partial charge in [-0.15, -0.1) is 0 Å². The quantitative estimate of drug-likeness (QED) is 0.354. The van der Waals surface area contributed by atoms with E-state index in [0.29, 0.717) is 6.61 Å². The predicted molar refractivity (Wildman–Crippen MR) is 38.9 cm³/mol. The lowest BCUT2D eigenvalue weighted by atomic mass is 10.4. The van der Waals surface area contributed by atoms with Crippen LogP contribution in [0.3, 0.4) is 0 Å². The Bertz CT molecular complexity index is 65.9. The second kappa shape index (κ2) is 6.99. The largest absolute Gasteiger partial charge is 0.379 e. The van der Waals surface area contributed by atoms with Gasteiger partial charge in [0.25, 0.3) is 0 Å². The summed E-state index contributed by atoms with van der Waals surface area (Å²) in [7, 11) is 0. The van der Waals surface area contributed by atoms with Gasteiger partial charge in [0, 0.05) is 6.61 Å². The first kappa shape index (κ1) is 9.88. The molecule has 0 heterocycles. The van der Waals surface area contributed by atoms with Crippen LogP contribution >= 0.6 is 0 Å². The maximum Gasteiger partial charge on any atom is 0.113 e. The summed E-state index contributed by atoms with van der Waals surface area (Å²) in [6.07, 6.45) is 1.99. The molecule has 0 fully saturated rings. The molecule has 0 amide bonds. The Balaban J connectivity index is 2.89. The fourth-order valence-corrected chi connectivity index (χ4v) is 0.526. The van der Waals surface area contributed by atoms with Crippen LogP contribution in [0.4, 0.5) is 0 Å². The van der Waals surface area contributed by atoms with E-state index >= 15 is 0 Å². The third kappa shape index (κ3) is 6.01. The zero-order valence-corrected chi connectivity index (χ0v) is 6.67. The zero-order valence-electron chi connectivity index (χ0n) is 6.67. The predicted octanol–water partition coefficient (Wildman–Crippen LogP) is 1.68. The summed E-state index contributed by atoms with van der Waals surface area (Å²) in [6, 6.07) is 0. The molecule has 0 saturated heterocycles. The van der Waals surface area contributed by atoms with Crippen LogP contribution in [-0.4, -0.2) is 24.6 Å². The van der Waals surface area contributed by atoms with E-state index in [2.05, 4.69) is 11.8 Å². The van der Waals surface area contributed by atoms with Crippen molar-refractivity contribution in [3.8, 4) is 0 Å². The van der Waals surface area contributed by atoms with E-state index in [1.807, 2.05) is 0 Å². The highest BCUT2D eigenvalue weighted by atomic mass is 17.1. The average molecular weight is 148 g/mol. The summed E-state index contributed by atoms with van der Waals surface area (Å²) in [5.41, 5.74) is 0. The molecule has 0 rings (SSSR count). The van der Waals surface area contributed by atoms with E-state index in [4.69, 9.17) is 9.99 Å². The average Bonchev–Trinajstić information content (AvgIpc) is 1.98. The molecule has 0 aromatic rings. The van der Waals surface area contributed by atoms with Crippen LogP contribution in [0.1, 0.15) is 26.7 Å². The van der Waals surface area contributed by atoms with Gasteiger partial charge in [0.05, 0.1) is 6.61 Å². The number of hydrogen-bond donors (Lipinski definition) is 1. The zero-order chi connectivity index (χ0) is 7.82. The van der Waals surface area contributed by atoms with Crippen LogP contribution in [-0.2, 0) is 9.62 Å². The van der Waals surface area contributed by atoms with Gasteiger partial charge < -0.3 is 4.74 Å². The summed E-state index contributed by atoms with van der Waals surface area (Å²) in [5.74, 6) is 0. The highest BCUT2D eigenvalue weighted by molar-refractivity contribution is 4.42. The van der Waals surface area contributed by atoms with Crippen molar-refractivity contribution in [1.29, 1.82) is 0 Å². The summed E-state index contributed by atoms with van der Waals surface area (Å²) in [4.78, 5) is 4.01. The lowest BCUT2D eigenvalue weighted by Gasteiger charge is -2.06. The van der Waals surface area contributed by atoms with Gasteiger partial charge in [0.1, 0.15) is 6.10 Å². The third-order valence-corrected chi connectivity index (χ3v) is 1.17. The van der Waals surface area contributed by atoms with Crippen molar-refractivity contribution >= 4 is 0 Å². The van der Waals surface area contributed by atoms with E-state index in [-0.39, 0.29) is 6.10 Å². The fraction of sp³-hybridized carbons (Fsp3) is 1.00. The minimum absolute atomic E-state index is 0.211. The standard InChI is InChI=1S/C7H16O3/c1-3-4-5-9-6-7(2)10-8/h7-8H,3-6H2,1-2H3. The van der Waals surface area contributed by atoms with Crippen molar-refractivity contribution in [2.24, 2.45) is 0 Å². The highest BCUT2D eigenvalue weighted by Crippen LogP contribution is 1.91. The van der Waals surface area contributed by atoms with Crippen LogP contribution in [0.2, 0.25) is 0 Å². The van der Waals surface area contributed by atoms with Gasteiger partial charge in [0.2, 0.25) is 0 Å². The van der Waals surface area contributed by atoms with E-state index in [1.54, 1.807) is 6.92 Å². The van der Waals surface area contributed by atoms with Crippen molar-refractivity contribution in [1.82, 2.24) is 0 Å². The maximum atomic E-state index is 8.11. The molecule has 62 valence electrons. The van der Waals surface area contributed by atoms with E-state index in [1.165, 1.54) is 0 Å². The van der Waals surface area contributed by atoms with Crippen LogP contribution in [0, 0.1) is 0 Å². The normalized spacial score (nSPS) is 13.5. The molecule has 0 spiro atoms. The van der Waals surface area contributed by atoms with Crippen LogP contribution in [0.15, 0.2) is 0 Å². The first-order valence-electron chi connectivity index (χ1n) is 3.69. The van der Waals surface area contributed by atoms with Gasteiger partial charge in [-0.3, -0.25) is 5.26 Å². The molecule has 0 aromatic carbocycles. The molecule has 3 nitrogen and oxygen atoms in total. The third-order valence-electron chi connectivity index (χ3n) is 1.17. The molecule has 0 radical (unpaired) electrons. The van der Waals surface area contributed by atoms with Gasteiger partial charge in [-0.2, -0.15) is 0 Å². The lowest BCUT2D eigenvalue weighted by molar-refractivity contribution is -0.282. The summed E-state index contributed by atoms with van der Waals surface area (Å²) in [6.45, 7) is 5.09. The first-order valence-corrected chi connectivity index (χ1v) is 3.69. The highest BCUT2D eigenvalue weighted by Gasteiger charge is 1.98. The molecular formula is C7H16O3. The number of rotatable bonds is 6. The lowest BCUT2D eigenvalue weighted by Crippen LogP contribution is -2.14. The van der Waals surface area contributed by atoms with Crippen molar-refractivity contribution < 1.29 is 14.9 Å². The molecule has 0 aliphatic rings. The van der Waals surface area contributed by atoms with Crippen molar-refractivity contribution in [2.75, 3.05) is 13.2 Å². The summed E-state index contributed by atoms with van der Waals surface area (Å²) >= 11 is 0. The molecule has 1 unspecified atom stereocenters. The van der Waals surface area contributed by atoms with E-state index < -0.39 is 0 Å². The molecule has 10 heavy (non-hydrogen) atoms. The Kier molecular flexibility index (Phi) is 6.91. The van der Waals surface area contributed by atoms with E-state index in [9.17, 15) is 0 Å². The molecule has 0 bridgehead atoms. The Labute approximate surface area is 61.9 Å². The topological polar surface area (TPSA) is 38.7 Å². The Hall–Kier alpha value is -0.120. The molecule has 0 aliphatic carbocycles. The number of hydrogen-bond acceptors (Lipinski definition) is 3. The van der Waals surface area contributed by atoms with Crippen molar-refractivity contribution in [2.45, 2.75) is 32.8 Å². The SMILES string of the molecule is CCCCOCC(C)OO. The molecule has 1 atom stereocenters. The van der Waals surface area contributed by atoms with Crippen LogP contribution in [0.25, 0.3) is 0 Å². The fourth-order valence-electron chi connectivity index (χ4n) is 0.526. The monoisotopic (exact) mass is 148 g/mol. The van der Waals surface area contributed by atoms with Gasteiger partial charge in [-0.25, -0.2) is 4.89 Å². The van der Waals surface area contributed by atoms with Gasteiger partial charge >= 0.3 is 0 Å².